The van der Waals surface area contributed by atoms with Crippen molar-refractivity contribution < 1.29 is 4.42 Å². The van der Waals surface area contributed by atoms with Gasteiger partial charge in [0.25, 0.3) is 0 Å². The van der Waals surface area contributed by atoms with E-state index in [9.17, 15) is 0 Å². The van der Waals surface area contributed by atoms with Crippen LogP contribution < -0.4 is 4.90 Å². The van der Waals surface area contributed by atoms with Gasteiger partial charge in [0.1, 0.15) is 5.58 Å². The van der Waals surface area contributed by atoms with Gasteiger partial charge >= 0.3 is 0 Å². The number of nitrogens with zero attached hydrogens (tertiary/aromatic N) is 1. The van der Waals surface area contributed by atoms with Gasteiger partial charge in [0.15, 0.2) is 5.58 Å². The predicted molar refractivity (Wildman–Crippen MR) is 252 cm³/mol. The third-order valence-electron chi connectivity index (χ3n) is 12.7. The molecular formula is C57H51NO. The Labute approximate surface area is 348 Å². The molecule has 0 unspecified atom stereocenters. The molecule has 1 aliphatic carbocycles. The quantitative estimate of drug-likeness (QED) is 0.173. The van der Waals surface area contributed by atoms with Crippen LogP contribution in [0.15, 0.2) is 168 Å². The van der Waals surface area contributed by atoms with Crippen LogP contribution >= 0.6 is 0 Å². The standard InChI is InChI=1S/C57H51NO/c1-55(2,3)40-34-47(56(4,5)6)53-48(35-40)57(7,8)46-26-16-24-44(52(46)53)42-22-11-13-27-49(42)58(50-28-17-25-45-43-23-12-14-29-51(43)59-54(45)50)41-21-15-20-38(33-41)39-31-30-36-18-9-10-19-37(36)32-39/h9-35H,1-8H3. The molecule has 2 heteroatoms. The summed E-state index contributed by atoms with van der Waals surface area (Å²) in [6, 6.07) is 60.2. The lowest BCUT2D eigenvalue weighted by molar-refractivity contribution is 0.564. The van der Waals surface area contributed by atoms with Crippen LogP contribution in [-0.4, -0.2) is 0 Å². The minimum atomic E-state index is -0.176. The van der Waals surface area contributed by atoms with E-state index in [4.69, 9.17) is 4.42 Å². The van der Waals surface area contributed by atoms with Crippen LogP contribution in [0.3, 0.4) is 0 Å². The maximum absolute atomic E-state index is 6.81. The lowest BCUT2D eigenvalue weighted by Crippen LogP contribution is -2.21. The first-order valence-electron chi connectivity index (χ1n) is 21.0. The van der Waals surface area contributed by atoms with Gasteiger partial charge < -0.3 is 9.32 Å². The normalized spacial score (nSPS) is 13.6. The topological polar surface area (TPSA) is 16.4 Å². The molecule has 0 saturated carbocycles. The van der Waals surface area contributed by atoms with Crippen molar-refractivity contribution in [2.75, 3.05) is 4.90 Å². The predicted octanol–water partition coefficient (Wildman–Crippen LogP) is 16.4. The van der Waals surface area contributed by atoms with Crippen LogP contribution in [0.1, 0.15) is 77.6 Å². The van der Waals surface area contributed by atoms with Crippen molar-refractivity contribution in [1.29, 1.82) is 0 Å². The molecule has 0 saturated heterocycles. The van der Waals surface area contributed by atoms with Gasteiger partial charge in [-0.1, -0.05) is 183 Å². The summed E-state index contributed by atoms with van der Waals surface area (Å²) < 4.78 is 6.81. The molecule has 0 fully saturated rings. The lowest BCUT2D eigenvalue weighted by atomic mass is 9.74. The highest BCUT2D eigenvalue weighted by atomic mass is 16.3. The molecule has 0 spiro atoms. The van der Waals surface area contributed by atoms with E-state index in [-0.39, 0.29) is 16.2 Å². The van der Waals surface area contributed by atoms with Gasteiger partial charge in [0, 0.05) is 27.4 Å². The van der Waals surface area contributed by atoms with Gasteiger partial charge in [-0.3, -0.25) is 0 Å². The third kappa shape index (κ3) is 5.99. The smallest absolute Gasteiger partial charge is 0.159 e. The number of fused-ring (bicyclic) bond motifs is 7. The van der Waals surface area contributed by atoms with Crippen LogP contribution in [-0.2, 0) is 16.2 Å². The number of para-hydroxylation sites is 3. The number of hydrogen-bond acceptors (Lipinski definition) is 2. The highest BCUT2D eigenvalue weighted by Crippen LogP contribution is 2.57. The van der Waals surface area contributed by atoms with Gasteiger partial charge in [-0.25, -0.2) is 0 Å². The molecule has 0 bridgehead atoms. The first-order chi connectivity index (χ1) is 28.3. The highest BCUT2D eigenvalue weighted by Gasteiger charge is 2.41. The average Bonchev–Trinajstić information content (AvgIpc) is 3.72. The molecule has 1 aromatic heterocycles. The molecule has 2 nitrogen and oxygen atoms in total. The largest absolute Gasteiger partial charge is 0.454 e. The summed E-state index contributed by atoms with van der Waals surface area (Å²) in [4.78, 5) is 2.43. The molecule has 0 radical (unpaired) electrons. The Kier molecular flexibility index (Phi) is 8.34. The van der Waals surface area contributed by atoms with Gasteiger partial charge in [-0.05, 0) is 108 Å². The Morgan fingerprint density at radius 2 is 1.14 bits per heavy atom. The molecule has 290 valence electrons. The van der Waals surface area contributed by atoms with Crippen molar-refractivity contribution in [3.8, 4) is 33.4 Å². The molecule has 1 aliphatic rings. The van der Waals surface area contributed by atoms with Crippen LogP contribution in [0.25, 0.3) is 66.1 Å². The van der Waals surface area contributed by atoms with E-state index in [1.165, 1.54) is 60.8 Å². The second-order valence-corrected chi connectivity index (χ2v) is 19.0. The lowest BCUT2D eigenvalue weighted by Gasteiger charge is -2.31. The molecule has 9 aromatic rings. The Morgan fingerprint density at radius 1 is 0.475 bits per heavy atom. The molecular weight excluding hydrogens is 715 g/mol. The fourth-order valence-corrected chi connectivity index (χ4v) is 9.55. The van der Waals surface area contributed by atoms with Crippen LogP contribution in [0.4, 0.5) is 17.1 Å². The first-order valence-corrected chi connectivity index (χ1v) is 21.0. The average molecular weight is 766 g/mol. The van der Waals surface area contributed by atoms with E-state index in [2.05, 4.69) is 224 Å². The number of rotatable bonds is 5. The summed E-state index contributed by atoms with van der Waals surface area (Å²) in [5.41, 5.74) is 17.8. The van der Waals surface area contributed by atoms with Gasteiger partial charge in [0.05, 0.1) is 11.4 Å². The number of hydrogen-bond donors (Lipinski definition) is 0. The summed E-state index contributed by atoms with van der Waals surface area (Å²) in [5.74, 6) is 0. The van der Waals surface area contributed by atoms with Crippen molar-refractivity contribution in [2.24, 2.45) is 0 Å². The summed E-state index contributed by atoms with van der Waals surface area (Å²) in [7, 11) is 0. The van der Waals surface area contributed by atoms with E-state index in [0.717, 1.165) is 44.6 Å². The maximum atomic E-state index is 6.81. The van der Waals surface area contributed by atoms with Gasteiger partial charge in [0.2, 0.25) is 0 Å². The molecule has 59 heavy (non-hydrogen) atoms. The SMILES string of the molecule is CC(C)(C)c1cc(C(C)(C)C)c2c(c1)C(C)(C)c1cccc(-c3ccccc3N(c3cccc(-c4ccc5ccccc5c4)c3)c3cccc4c3oc3ccccc34)c1-2. The van der Waals surface area contributed by atoms with Crippen LogP contribution in [0, 0.1) is 0 Å². The molecule has 10 rings (SSSR count). The summed E-state index contributed by atoms with van der Waals surface area (Å²) in [5, 5.41) is 4.69. The highest BCUT2D eigenvalue weighted by molar-refractivity contribution is 6.11. The number of furan rings is 1. The minimum absolute atomic E-state index is 0.0227. The molecule has 8 aromatic carbocycles. The fourth-order valence-electron chi connectivity index (χ4n) is 9.55. The van der Waals surface area contributed by atoms with E-state index in [0.29, 0.717) is 0 Å². The monoisotopic (exact) mass is 765 g/mol. The second-order valence-electron chi connectivity index (χ2n) is 19.0. The molecule has 0 atom stereocenters. The fraction of sp³-hybridized carbons (Fsp3) is 0.193. The van der Waals surface area contributed by atoms with Crippen molar-refractivity contribution in [1.82, 2.24) is 0 Å². The molecule has 0 aliphatic heterocycles. The van der Waals surface area contributed by atoms with Crippen LogP contribution in [0.5, 0.6) is 0 Å². The Bertz CT molecular complexity index is 3110. The zero-order chi connectivity index (χ0) is 40.8. The zero-order valence-corrected chi connectivity index (χ0v) is 35.4. The van der Waals surface area contributed by atoms with E-state index in [1.54, 1.807) is 0 Å². The van der Waals surface area contributed by atoms with Crippen molar-refractivity contribution in [3.05, 3.63) is 186 Å². The maximum Gasteiger partial charge on any atom is 0.159 e. The number of benzene rings is 8. The van der Waals surface area contributed by atoms with Crippen molar-refractivity contribution in [3.63, 3.8) is 0 Å². The van der Waals surface area contributed by atoms with E-state index >= 15 is 0 Å². The zero-order valence-electron chi connectivity index (χ0n) is 35.4. The van der Waals surface area contributed by atoms with Crippen molar-refractivity contribution in [2.45, 2.75) is 71.6 Å². The molecule has 0 N–H and O–H groups in total. The summed E-state index contributed by atoms with van der Waals surface area (Å²) >= 11 is 0. The molecule has 0 amide bonds. The second kappa shape index (κ2) is 13.3. The summed E-state index contributed by atoms with van der Waals surface area (Å²) in [6.07, 6.45) is 0. The van der Waals surface area contributed by atoms with E-state index < -0.39 is 0 Å². The third-order valence-corrected chi connectivity index (χ3v) is 12.7. The van der Waals surface area contributed by atoms with Gasteiger partial charge in [-0.15, -0.1) is 0 Å². The van der Waals surface area contributed by atoms with Gasteiger partial charge in [-0.2, -0.15) is 0 Å². The number of anilines is 3. The van der Waals surface area contributed by atoms with Crippen molar-refractivity contribution >= 4 is 49.8 Å². The molecule has 1 heterocycles. The Hall–Kier alpha value is -6.38. The van der Waals surface area contributed by atoms with Crippen LogP contribution in [0.2, 0.25) is 0 Å². The van der Waals surface area contributed by atoms with E-state index in [1.807, 2.05) is 0 Å². The Morgan fingerprint density at radius 3 is 1.95 bits per heavy atom. The summed E-state index contributed by atoms with van der Waals surface area (Å²) in [6.45, 7) is 19.0. The Balaban J connectivity index is 1.25. The minimum Gasteiger partial charge on any atom is -0.454 e. The first kappa shape index (κ1) is 36.9.